The maximum atomic E-state index is 11.9. The van der Waals surface area contributed by atoms with E-state index in [0.29, 0.717) is 22.7 Å². The van der Waals surface area contributed by atoms with Gasteiger partial charge in [0.2, 0.25) is 0 Å². The number of para-hydroxylation sites is 2. The molecule has 1 amide bonds. The standard InChI is InChI=1S/C21H20N2O5/c1-21(2)10-14-7-5-9-17(20(14)28-21)26-13-19(25)27-12-18(24)23-16-8-4-3-6-15(16)11-22/h3-9H,10,12-13H2,1-2H3,(H,23,24). The predicted molar refractivity (Wildman–Crippen MR) is 101 cm³/mol. The SMILES string of the molecule is CC1(C)Cc2cccc(OCC(=O)OCC(=O)Nc3ccccc3C#N)c2O1. The summed E-state index contributed by atoms with van der Waals surface area (Å²) in [6.45, 7) is 3.14. The van der Waals surface area contributed by atoms with Crippen LogP contribution in [0.4, 0.5) is 5.69 Å². The summed E-state index contributed by atoms with van der Waals surface area (Å²) in [4.78, 5) is 23.8. The number of nitriles is 1. The summed E-state index contributed by atoms with van der Waals surface area (Å²) in [7, 11) is 0. The maximum Gasteiger partial charge on any atom is 0.344 e. The van der Waals surface area contributed by atoms with Crippen molar-refractivity contribution in [3.63, 3.8) is 0 Å². The second kappa shape index (κ2) is 8.01. The number of esters is 1. The van der Waals surface area contributed by atoms with Crippen LogP contribution in [0.2, 0.25) is 0 Å². The minimum Gasteiger partial charge on any atom is -0.483 e. The van der Waals surface area contributed by atoms with Crippen molar-refractivity contribution in [2.75, 3.05) is 18.5 Å². The first-order valence-corrected chi connectivity index (χ1v) is 8.76. The van der Waals surface area contributed by atoms with Gasteiger partial charge in [-0.05, 0) is 32.0 Å². The number of hydrogen-bond acceptors (Lipinski definition) is 6. The molecule has 28 heavy (non-hydrogen) atoms. The van der Waals surface area contributed by atoms with E-state index < -0.39 is 18.5 Å². The second-order valence-corrected chi connectivity index (χ2v) is 6.94. The topological polar surface area (TPSA) is 97.6 Å². The molecule has 1 aliphatic rings. The van der Waals surface area contributed by atoms with Gasteiger partial charge in [-0.15, -0.1) is 0 Å². The van der Waals surface area contributed by atoms with Gasteiger partial charge in [-0.2, -0.15) is 5.26 Å². The van der Waals surface area contributed by atoms with Gasteiger partial charge in [0.05, 0.1) is 11.3 Å². The van der Waals surface area contributed by atoms with E-state index in [1.807, 2.05) is 32.0 Å². The molecule has 1 heterocycles. The van der Waals surface area contributed by atoms with Crippen LogP contribution in [0.3, 0.4) is 0 Å². The molecule has 3 rings (SSSR count). The van der Waals surface area contributed by atoms with Crippen LogP contribution < -0.4 is 14.8 Å². The molecule has 7 nitrogen and oxygen atoms in total. The molecule has 0 aromatic heterocycles. The number of carbonyl (C=O) groups excluding carboxylic acids is 2. The van der Waals surface area contributed by atoms with Gasteiger partial charge in [-0.1, -0.05) is 24.3 Å². The number of ether oxygens (including phenoxy) is 3. The lowest BCUT2D eigenvalue weighted by atomic mass is 10.0. The average Bonchev–Trinajstić information content (AvgIpc) is 2.99. The number of amides is 1. The molecule has 0 unspecified atom stereocenters. The van der Waals surface area contributed by atoms with Crippen LogP contribution in [0.5, 0.6) is 11.5 Å². The first kappa shape index (κ1) is 19.2. The largest absolute Gasteiger partial charge is 0.483 e. The highest BCUT2D eigenvalue weighted by Crippen LogP contribution is 2.41. The summed E-state index contributed by atoms with van der Waals surface area (Å²) < 4.78 is 16.3. The Morgan fingerprint density at radius 3 is 2.75 bits per heavy atom. The number of anilines is 1. The fourth-order valence-electron chi connectivity index (χ4n) is 2.90. The molecule has 144 valence electrons. The van der Waals surface area contributed by atoms with E-state index >= 15 is 0 Å². The van der Waals surface area contributed by atoms with E-state index in [4.69, 9.17) is 19.5 Å². The second-order valence-electron chi connectivity index (χ2n) is 6.94. The maximum absolute atomic E-state index is 11.9. The fourth-order valence-corrected chi connectivity index (χ4v) is 2.90. The third kappa shape index (κ3) is 4.60. The van der Waals surface area contributed by atoms with Crippen molar-refractivity contribution in [1.29, 1.82) is 5.26 Å². The molecular weight excluding hydrogens is 360 g/mol. The number of hydrogen-bond donors (Lipinski definition) is 1. The highest BCUT2D eigenvalue weighted by Gasteiger charge is 2.32. The van der Waals surface area contributed by atoms with Gasteiger partial charge in [0.1, 0.15) is 11.7 Å². The molecule has 0 radical (unpaired) electrons. The van der Waals surface area contributed by atoms with Gasteiger partial charge in [0.15, 0.2) is 24.7 Å². The van der Waals surface area contributed by atoms with Crippen molar-refractivity contribution in [1.82, 2.24) is 0 Å². The molecule has 0 saturated carbocycles. The minimum absolute atomic E-state index is 0.319. The Morgan fingerprint density at radius 2 is 1.96 bits per heavy atom. The number of benzene rings is 2. The van der Waals surface area contributed by atoms with Crippen LogP contribution in [0.1, 0.15) is 25.0 Å². The first-order chi connectivity index (χ1) is 13.4. The molecule has 1 aliphatic heterocycles. The predicted octanol–water partition coefficient (Wildman–Crippen LogP) is 2.83. The lowest BCUT2D eigenvalue weighted by molar-refractivity contribution is -0.149. The Labute approximate surface area is 162 Å². The van der Waals surface area contributed by atoms with E-state index in [1.54, 1.807) is 30.3 Å². The normalized spacial score (nSPS) is 13.6. The van der Waals surface area contributed by atoms with E-state index in [1.165, 1.54) is 0 Å². The Balaban J connectivity index is 1.49. The van der Waals surface area contributed by atoms with Gasteiger partial charge in [-0.25, -0.2) is 4.79 Å². The minimum atomic E-state index is -0.682. The zero-order valence-corrected chi connectivity index (χ0v) is 15.7. The van der Waals surface area contributed by atoms with Crippen molar-refractivity contribution < 1.29 is 23.8 Å². The van der Waals surface area contributed by atoms with E-state index in [0.717, 1.165) is 12.0 Å². The van der Waals surface area contributed by atoms with Crippen LogP contribution in [-0.2, 0) is 20.7 Å². The summed E-state index contributed by atoms with van der Waals surface area (Å²) in [5.41, 5.74) is 1.39. The highest BCUT2D eigenvalue weighted by molar-refractivity contribution is 5.94. The number of carbonyl (C=O) groups is 2. The van der Waals surface area contributed by atoms with Crippen molar-refractivity contribution in [3.8, 4) is 17.6 Å². The van der Waals surface area contributed by atoms with E-state index in [2.05, 4.69) is 5.32 Å². The Hall–Kier alpha value is -3.53. The quantitative estimate of drug-likeness (QED) is 0.774. The number of rotatable bonds is 6. The summed E-state index contributed by atoms with van der Waals surface area (Å²) >= 11 is 0. The molecule has 2 aromatic rings. The summed E-state index contributed by atoms with van der Waals surface area (Å²) in [6, 6.07) is 14.1. The smallest absolute Gasteiger partial charge is 0.344 e. The molecule has 0 fully saturated rings. The fraction of sp³-hybridized carbons (Fsp3) is 0.286. The molecular formula is C21H20N2O5. The van der Waals surface area contributed by atoms with Gasteiger partial charge < -0.3 is 19.5 Å². The molecule has 0 saturated heterocycles. The summed E-state index contributed by atoms with van der Waals surface area (Å²) in [5.74, 6) is -0.126. The summed E-state index contributed by atoms with van der Waals surface area (Å²) in [5, 5.41) is 11.5. The zero-order valence-electron chi connectivity index (χ0n) is 15.7. The van der Waals surface area contributed by atoms with Gasteiger partial charge >= 0.3 is 5.97 Å². The van der Waals surface area contributed by atoms with Gasteiger partial charge in [-0.3, -0.25) is 4.79 Å². The molecule has 1 N–H and O–H groups in total. The Morgan fingerprint density at radius 1 is 1.18 bits per heavy atom. The summed E-state index contributed by atoms with van der Waals surface area (Å²) in [6.07, 6.45) is 0.758. The zero-order chi connectivity index (χ0) is 20.1. The Kier molecular flexibility index (Phi) is 5.50. The van der Waals surface area contributed by atoms with E-state index in [-0.39, 0.29) is 12.2 Å². The number of fused-ring (bicyclic) bond motifs is 1. The van der Waals surface area contributed by atoms with Gasteiger partial charge in [0.25, 0.3) is 5.91 Å². The lowest BCUT2D eigenvalue weighted by Gasteiger charge is -2.18. The molecule has 0 aliphatic carbocycles. The third-order valence-electron chi connectivity index (χ3n) is 4.09. The van der Waals surface area contributed by atoms with Crippen LogP contribution in [0.25, 0.3) is 0 Å². The van der Waals surface area contributed by atoms with Crippen LogP contribution in [0, 0.1) is 11.3 Å². The monoisotopic (exact) mass is 380 g/mol. The average molecular weight is 380 g/mol. The molecule has 0 bridgehead atoms. The van der Waals surface area contributed by atoms with Crippen LogP contribution in [0.15, 0.2) is 42.5 Å². The Bertz CT molecular complexity index is 946. The first-order valence-electron chi connectivity index (χ1n) is 8.76. The highest BCUT2D eigenvalue weighted by atomic mass is 16.6. The molecule has 0 spiro atoms. The van der Waals surface area contributed by atoms with E-state index in [9.17, 15) is 9.59 Å². The third-order valence-corrected chi connectivity index (χ3v) is 4.09. The van der Waals surface area contributed by atoms with Gasteiger partial charge in [0, 0.05) is 12.0 Å². The van der Waals surface area contributed by atoms with Crippen molar-refractivity contribution in [2.24, 2.45) is 0 Å². The van der Waals surface area contributed by atoms with Crippen molar-refractivity contribution >= 4 is 17.6 Å². The lowest BCUT2D eigenvalue weighted by Crippen LogP contribution is -2.25. The van der Waals surface area contributed by atoms with Crippen molar-refractivity contribution in [2.45, 2.75) is 25.9 Å². The van der Waals surface area contributed by atoms with Crippen LogP contribution in [-0.4, -0.2) is 30.7 Å². The number of nitrogens with one attached hydrogen (secondary N) is 1. The molecule has 0 atom stereocenters. The number of nitrogens with zero attached hydrogens (tertiary/aromatic N) is 1. The van der Waals surface area contributed by atoms with Crippen LogP contribution >= 0.6 is 0 Å². The molecule has 7 heteroatoms. The van der Waals surface area contributed by atoms with Crippen molar-refractivity contribution in [3.05, 3.63) is 53.6 Å². The molecule has 2 aromatic carbocycles.